The molecule has 3 aliphatic rings. The summed E-state index contributed by atoms with van der Waals surface area (Å²) in [6.45, 7) is 1.01. The molecule has 34 heavy (non-hydrogen) atoms. The first kappa shape index (κ1) is 25.1. The number of benzene rings is 1. The Hall–Kier alpha value is -2.02. The van der Waals surface area contributed by atoms with Crippen molar-refractivity contribution in [1.82, 2.24) is 10.2 Å². The molecule has 186 valence electrons. The van der Waals surface area contributed by atoms with Gasteiger partial charge >= 0.3 is 0 Å². The van der Waals surface area contributed by atoms with Crippen LogP contribution in [0.25, 0.3) is 0 Å². The Morgan fingerprint density at radius 3 is 2.59 bits per heavy atom. The molecule has 1 aromatic rings. The molecule has 0 aromatic heterocycles. The fourth-order valence-corrected chi connectivity index (χ4v) is 6.71. The monoisotopic (exact) mass is 486 g/mol. The number of hydrogen-bond donors (Lipinski definition) is 1. The number of nitrogens with one attached hydrogen (secondary N) is 1. The topological polar surface area (TPSA) is 75.7 Å². The second-order valence-electron chi connectivity index (χ2n) is 10.3. The highest BCUT2D eigenvalue weighted by atomic mass is 32.2. The Balaban J connectivity index is 1.09. The summed E-state index contributed by atoms with van der Waals surface area (Å²) in [6, 6.07) is 7.58. The fourth-order valence-electron chi connectivity index (χ4n) is 5.85. The van der Waals surface area contributed by atoms with E-state index in [2.05, 4.69) is 5.32 Å². The van der Waals surface area contributed by atoms with Gasteiger partial charge < -0.3 is 9.64 Å². The summed E-state index contributed by atoms with van der Waals surface area (Å²) >= 11 is 1.04. The Kier molecular flexibility index (Phi) is 8.92. The van der Waals surface area contributed by atoms with Gasteiger partial charge in [-0.1, -0.05) is 56.0 Å². The van der Waals surface area contributed by atoms with Gasteiger partial charge in [-0.05, 0) is 67.6 Å². The van der Waals surface area contributed by atoms with Gasteiger partial charge in [-0.3, -0.25) is 19.7 Å². The van der Waals surface area contributed by atoms with E-state index in [-0.39, 0.29) is 22.3 Å². The molecule has 4 rings (SSSR count). The van der Waals surface area contributed by atoms with Crippen molar-refractivity contribution in [3.63, 3.8) is 0 Å². The number of rotatable bonds is 10. The van der Waals surface area contributed by atoms with Crippen molar-refractivity contribution >= 4 is 28.8 Å². The predicted molar refractivity (Wildman–Crippen MR) is 135 cm³/mol. The van der Waals surface area contributed by atoms with Crippen molar-refractivity contribution in [2.45, 2.75) is 75.9 Å². The van der Waals surface area contributed by atoms with Crippen molar-refractivity contribution in [3.8, 4) is 5.75 Å². The molecule has 1 aliphatic heterocycles. The number of thioether (sulfide) groups is 1. The Labute approximate surface area is 207 Å². The van der Waals surface area contributed by atoms with Crippen LogP contribution in [0.4, 0.5) is 4.79 Å². The lowest BCUT2D eigenvalue weighted by atomic mass is 9.67. The molecule has 4 unspecified atom stereocenters. The van der Waals surface area contributed by atoms with Crippen LogP contribution < -0.4 is 10.1 Å². The van der Waals surface area contributed by atoms with E-state index in [1.807, 2.05) is 31.3 Å². The van der Waals surface area contributed by atoms with E-state index in [0.29, 0.717) is 26.0 Å². The van der Waals surface area contributed by atoms with E-state index in [9.17, 15) is 14.4 Å². The van der Waals surface area contributed by atoms with Gasteiger partial charge in [0.2, 0.25) is 11.8 Å². The number of carbonyl (C=O) groups is 3. The molecule has 1 N–H and O–H groups in total. The largest absolute Gasteiger partial charge is 0.492 e. The van der Waals surface area contributed by atoms with Gasteiger partial charge in [-0.15, -0.1) is 0 Å². The predicted octanol–water partition coefficient (Wildman–Crippen LogP) is 5.19. The van der Waals surface area contributed by atoms with Gasteiger partial charge in [0.15, 0.2) is 0 Å². The molecule has 2 saturated carbocycles. The third kappa shape index (κ3) is 7.00. The summed E-state index contributed by atoms with van der Waals surface area (Å²) < 4.78 is 5.81. The number of hydrogen-bond acceptors (Lipinski definition) is 5. The van der Waals surface area contributed by atoms with Gasteiger partial charge in [0.1, 0.15) is 12.4 Å². The molecule has 0 radical (unpaired) electrons. The third-order valence-corrected chi connectivity index (χ3v) is 8.87. The first-order valence-electron chi connectivity index (χ1n) is 12.9. The highest BCUT2D eigenvalue weighted by Gasteiger charge is 2.32. The number of imide groups is 1. The van der Waals surface area contributed by atoms with E-state index >= 15 is 0 Å². The zero-order valence-electron chi connectivity index (χ0n) is 20.3. The van der Waals surface area contributed by atoms with Crippen LogP contribution in [0.5, 0.6) is 5.75 Å². The molecule has 0 spiro atoms. The number of nitrogens with zero attached hydrogens (tertiary/aromatic N) is 1. The number of likely N-dealkylation sites (N-methyl/N-ethyl adjacent to an activating group) is 1. The van der Waals surface area contributed by atoms with E-state index in [4.69, 9.17) is 4.74 Å². The average Bonchev–Trinajstić information content (AvgIpc) is 3.16. The second kappa shape index (κ2) is 12.1. The maximum Gasteiger partial charge on any atom is 0.286 e. The second-order valence-corrected chi connectivity index (χ2v) is 11.4. The molecule has 1 aromatic carbocycles. The van der Waals surface area contributed by atoms with Gasteiger partial charge in [-0.25, -0.2) is 0 Å². The minimum atomic E-state index is -0.360. The highest BCUT2D eigenvalue weighted by Crippen LogP contribution is 2.43. The lowest BCUT2D eigenvalue weighted by Crippen LogP contribution is -2.31. The number of ether oxygens (including phenoxy) is 1. The van der Waals surface area contributed by atoms with E-state index in [0.717, 1.165) is 47.2 Å². The summed E-state index contributed by atoms with van der Waals surface area (Å²) in [5, 5.41) is 1.68. The molecule has 2 aliphatic carbocycles. The molecular formula is C27H38N2O4S. The average molecular weight is 487 g/mol. The summed E-state index contributed by atoms with van der Waals surface area (Å²) in [5.74, 6) is 3.50. The molecule has 3 amide bonds. The van der Waals surface area contributed by atoms with Crippen LogP contribution in [0.1, 0.15) is 69.8 Å². The molecule has 3 fully saturated rings. The number of fused-ring (bicyclic) bond motifs is 1. The minimum absolute atomic E-state index is 0.201. The smallest absolute Gasteiger partial charge is 0.286 e. The first-order chi connectivity index (χ1) is 16.5. The van der Waals surface area contributed by atoms with Crippen LogP contribution in [0, 0.1) is 17.8 Å². The standard InChI is InChI=1S/C27H38N2O4S/c1-29(25(30)8-4-5-19-9-12-21-6-2-3-7-22(21)17-19)15-16-33-23-13-10-20(11-14-23)18-24-26(31)28-27(32)34-24/h10-11,13-14,19,21-22,24H,2-9,12,15-18H2,1H3,(H,28,31,32). The van der Waals surface area contributed by atoms with Gasteiger partial charge in [0, 0.05) is 13.5 Å². The molecule has 0 bridgehead atoms. The SMILES string of the molecule is CN(CCOc1ccc(CC2SC(=O)NC2=O)cc1)C(=O)CCCC1CCC2CCCCC2C1. The molecular weight excluding hydrogens is 448 g/mol. The lowest BCUT2D eigenvalue weighted by Gasteiger charge is -2.39. The molecule has 4 atom stereocenters. The summed E-state index contributed by atoms with van der Waals surface area (Å²) in [7, 11) is 1.85. The summed E-state index contributed by atoms with van der Waals surface area (Å²) in [4.78, 5) is 37.3. The number of amides is 3. The van der Waals surface area contributed by atoms with E-state index in [1.54, 1.807) is 4.90 Å². The van der Waals surface area contributed by atoms with Crippen molar-refractivity contribution in [2.24, 2.45) is 17.8 Å². The maximum atomic E-state index is 12.5. The molecule has 7 heteroatoms. The highest BCUT2D eigenvalue weighted by molar-refractivity contribution is 8.15. The fraction of sp³-hybridized carbons (Fsp3) is 0.667. The van der Waals surface area contributed by atoms with Crippen LogP contribution in [-0.2, 0) is 16.0 Å². The Bertz CT molecular complexity index is 859. The van der Waals surface area contributed by atoms with E-state index in [1.165, 1.54) is 51.4 Å². The minimum Gasteiger partial charge on any atom is -0.492 e. The summed E-state index contributed by atoms with van der Waals surface area (Å²) in [5.41, 5.74) is 0.985. The maximum absolute atomic E-state index is 12.5. The van der Waals surface area contributed by atoms with Gasteiger partial charge in [0.05, 0.1) is 11.8 Å². The van der Waals surface area contributed by atoms with Crippen LogP contribution in [0.2, 0.25) is 0 Å². The van der Waals surface area contributed by atoms with Crippen LogP contribution in [0.15, 0.2) is 24.3 Å². The van der Waals surface area contributed by atoms with Gasteiger partial charge in [0.25, 0.3) is 5.24 Å². The van der Waals surface area contributed by atoms with Crippen LogP contribution >= 0.6 is 11.8 Å². The number of carbonyl (C=O) groups excluding carboxylic acids is 3. The third-order valence-electron chi connectivity index (χ3n) is 7.88. The van der Waals surface area contributed by atoms with Crippen LogP contribution in [0.3, 0.4) is 0 Å². The van der Waals surface area contributed by atoms with Gasteiger partial charge in [-0.2, -0.15) is 0 Å². The van der Waals surface area contributed by atoms with Crippen molar-refractivity contribution in [2.75, 3.05) is 20.2 Å². The molecule has 6 nitrogen and oxygen atoms in total. The Morgan fingerprint density at radius 1 is 1.09 bits per heavy atom. The Morgan fingerprint density at radius 2 is 1.85 bits per heavy atom. The zero-order valence-corrected chi connectivity index (χ0v) is 21.1. The van der Waals surface area contributed by atoms with Crippen LogP contribution in [-0.4, -0.2) is 47.4 Å². The van der Waals surface area contributed by atoms with Crippen molar-refractivity contribution in [1.29, 1.82) is 0 Å². The zero-order chi connectivity index (χ0) is 23.9. The quantitative estimate of drug-likeness (QED) is 0.492. The molecule has 1 saturated heterocycles. The van der Waals surface area contributed by atoms with E-state index < -0.39 is 0 Å². The van der Waals surface area contributed by atoms with Crippen molar-refractivity contribution in [3.05, 3.63) is 29.8 Å². The van der Waals surface area contributed by atoms with Crippen molar-refractivity contribution < 1.29 is 19.1 Å². The molecule has 1 heterocycles. The normalized spacial score (nSPS) is 26.6. The lowest BCUT2D eigenvalue weighted by molar-refractivity contribution is -0.130. The summed E-state index contributed by atoms with van der Waals surface area (Å²) in [6.07, 6.45) is 13.3. The first-order valence-corrected chi connectivity index (χ1v) is 13.8.